The summed E-state index contributed by atoms with van der Waals surface area (Å²) in [6.45, 7) is 2.48. The predicted octanol–water partition coefficient (Wildman–Crippen LogP) is 7.99. The number of rotatable bonds is 7. The van der Waals surface area contributed by atoms with Crippen molar-refractivity contribution in [3.05, 3.63) is 63.6 Å². The maximum absolute atomic E-state index is 13.2. The van der Waals surface area contributed by atoms with Crippen LogP contribution < -0.4 is 5.32 Å². The first kappa shape index (κ1) is 27.9. The average Bonchev–Trinajstić information content (AvgIpc) is 3.66. The lowest BCUT2D eigenvalue weighted by atomic mass is 9.76. The number of hydrogen-bond donors (Lipinski definition) is 1. The summed E-state index contributed by atoms with van der Waals surface area (Å²) in [5.41, 5.74) is 0.281. The number of carbonyl (C=O) groups is 1. The highest BCUT2D eigenvalue weighted by Gasteiger charge is 2.56. The molecule has 214 valence electrons. The van der Waals surface area contributed by atoms with Gasteiger partial charge in [-0.05, 0) is 87.6 Å². The van der Waals surface area contributed by atoms with Crippen LogP contribution in [0.4, 0.5) is 18.9 Å². The third-order valence-corrected chi connectivity index (χ3v) is 9.91. The van der Waals surface area contributed by atoms with Gasteiger partial charge in [0, 0.05) is 23.1 Å². The summed E-state index contributed by atoms with van der Waals surface area (Å²) in [6, 6.07) is 10.2. The van der Waals surface area contributed by atoms with Crippen molar-refractivity contribution >= 4 is 40.5 Å². The fraction of sp³-hybridized carbons (Fsp3) is 0.533. The Morgan fingerprint density at radius 1 is 1.07 bits per heavy atom. The minimum atomic E-state index is -4.46. The van der Waals surface area contributed by atoms with Crippen LogP contribution in [0.2, 0.25) is 10.0 Å². The monoisotopic (exact) mass is 594 g/mol. The standard InChI is InChI=1S/C30H31Cl2F3N2O3/c1-29(18-10-11-18)22(27(37-40-29)26-23(31)6-3-7-24(26)32)15-39-21-12-16-8-9-17(13-21)25(16)28(38)36-20-5-2-4-19(14-20)30(33,34)35/h2-7,14,16-18,21-22,25H,8-13,15H2,1H3,(H,36,38). The number of anilines is 1. The van der Waals surface area contributed by atoms with Crippen LogP contribution in [-0.2, 0) is 20.5 Å². The first-order valence-electron chi connectivity index (χ1n) is 13.8. The lowest BCUT2D eigenvalue weighted by molar-refractivity contribution is -0.137. The van der Waals surface area contributed by atoms with Crippen LogP contribution in [0, 0.1) is 29.6 Å². The molecule has 1 heterocycles. The third-order valence-electron chi connectivity index (χ3n) is 9.28. The summed E-state index contributed by atoms with van der Waals surface area (Å²) in [5, 5.41) is 8.25. The number of hydrogen-bond acceptors (Lipinski definition) is 4. The number of amides is 1. The molecule has 5 nitrogen and oxygen atoms in total. The van der Waals surface area contributed by atoms with Crippen molar-refractivity contribution in [1.29, 1.82) is 0 Å². The van der Waals surface area contributed by atoms with Crippen LogP contribution in [0.15, 0.2) is 47.6 Å². The SMILES string of the molecule is CC1(C2CC2)ON=C(c2c(Cl)cccc2Cl)C1COC1CC2CCC(C1)C2C(=O)Nc1cccc(C(F)(F)F)c1. The van der Waals surface area contributed by atoms with Gasteiger partial charge in [-0.1, -0.05) is 40.5 Å². The molecule has 0 radical (unpaired) electrons. The van der Waals surface area contributed by atoms with Crippen LogP contribution in [0.5, 0.6) is 0 Å². The Bertz CT molecular complexity index is 1300. The molecule has 3 aliphatic carbocycles. The first-order valence-corrected chi connectivity index (χ1v) is 14.6. The van der Waals surface area contributed by atoms with Crippen molar-refractivity contribution in [2.24, 2.45) is 34.7 Å². The summed E-state index contributed by atoms with van der Waals surface area (Å²) in [5.74, 6) is 0.0382. The van der Waals surface area contributed by atoms with Crippen molar-refractivity contribution in [3.8, 4) is 0 Å². The van der Waals surface area contributed by atoms with Gasteiger partial charge < -0.3 is 14.9 Å². The van der Waals surface area contributed by atoms with Crippen molar-refractivity contribution in [1.82, 2.24) is 0 Å². The molecule has 10 heteroatoms. The smallest absolute Gasteiger partial charge is 0.388 e. The molecule has 0 spiro atoms. The molecule has 2 aromatic carbocycles. The molecule has 6 rings (SSSR count). The molecule has 1 aliphatic heterocycles. The highest BCUT2D eigenvalue weighted by Crippen LogP contribution is 2.52. The van der Waals surface area contributed by atoms with Gasteiger partial charge in [-0.25, -0.2) is 0 Å². The molecule has 4 aliphatic rings. The van der Waals surface area contributed by atoms with Gasteiger partial charge in [0.2, 0.25) is 5.91 Å². The normalized spacial score (nSPS) is 31.6. The number of halogens is 5. The van der Waals surface area contributed by atoms with E-state index < -0.39 is 17.3 Å². The molecule has 1 N–H and O–H groups in total. The Balaban J connectivity index is 1.12. The molecule has 4 atom stereocenters. The van der Waals surface area contributed by atoms with Gasteiger partial charge in [0.15, 0.2) is 0 Å². The van der Waals surface area contributed by atoms with Gasteiger partial charge >= 0.3 is 6.18 Å². The molecule has 0 saturated heterocycles. The van der Waals surface area contributed by atoms with E-state index in [1.807, 2.05) is 0 Å². The second-order valence-corrected chi connectivity index (χ2v) is 12.6. The van der Waals surface area contributed by atoms with Gasteiger partial charge in [-0.15, -0.1) is 0 Å². The predicted molar refractivity (Wildman–Crippen MR) is 147 cm³/mol. The second-order valence-electron chi connectivity index (χ2n) is 11.8. The molecule has 3 saturated carbocycles. The Hall–Kier alpha value is -2.29. The van der Waals surface area contributed by atoms with Crippen molar-refractivity contribution < 1.29 is 27.5 Å². The number of oxime groups is 1. The van der Waals surface area contributed by atoms with E-state index in [1.54, 1.807) is 18.2 Å². The topological polar surface area (TPSA) is 59.9 Å². The molecule has 1 amide bonds. The zero-order valence-corrected chi connectivity index (χ0v) is 23.5. The number of nitrogens with zero attached hydrogens (tertiary/aromatic N) is 1. The minimum Gasteiger partial charge on any atom is -0.388 e. The van der Waals surface area contributed by atoms with Gasteiger partial charge in [-0.3, -0.25) is 4.79 Å². The van der Waals surface area contributed by atoms with E-state index in [0.29, 0.717) is 33.8 Å². The van der Waals surface area contributed by atoms with E-state index in [4.69, 9.17) is 32.8 Å². The number of ether oxygens (including phenoxy) is 1. The minimum absolute atomic E-state index is 0.0258. The summed E-state index contributed by atoms with van der Waals surface area (Å²) >= 11 is 13.1. The number of carbonyl (C=O) groups excluding carboxylic acids is 1. The van der Waals surface area contributed by atoms with E-state index >= 15 is 0 Å². The van der Waals surface area contributed by atoms with Crippen LogP contribution in [-0.4, -0.2) is 29.9 Å². The lowest BCUT2D eigenvalue weighted by Gasteiger charge is -2.36. The van der Waals surface area contributed by atoms with Crippen LogP contribution in [0.3, 0.4) is 0 Å². The molecular weight excluding hydrogens is 564 g/mol. The second kappa shape index (κ2) is 10.5. The zero-order chi connectivity index (χ0) is 28.2. The fourth-order valence-corrected chi connectivity index (χ4v) is 7.63. The van der Waals surface area contributed by atoms with Gasteiger partial charge in [0.25, 0.3) is 0 Å². The Morgan fingerprint density at radius 2 is 1.73 bits per heavy atom. The van der Waals surface area contributed by atoms with Gasteiger partial charge in [0.1, 0.15) is 5.60 Å². The van der Waals surface area contributed by atoms with E-state index in [0.717, 1.165) is 50.7 Å². The summed E-state index contributed by atoms with van der Waals surface area (Å²) in [6.07, 6.45) is 0.914. The van der Waals surface area contributed by atoms with Crippen molar-refractivity contribution in [3.63, 3.8) is 0 Å². The third kappa shape index (κ3) is 5.23. The molecule has 40 heavy (non-hydrogen) atoms. The highest BCUT2D eigenvalue weighted by molar-refractivity contribution is 6.40. The first-order chi connectivity index (χ1) is 19.0. The Morgan fingerprint density at radius 3 is 2.35 bits per heavy atom. The fourth-order valence-electron chi connectivity index (χ4n) is 7.04. The average molecular weight is 595 g/mol. The summed E-state index contributed by atoms with van der Waals surface area (Å²) in [7, 11) is 0. The quantitative estimate of drug-likeness (QED) is 0.353. The molecule has 0 aromatic heterocycles. The van der Waals surface area contributed by atoms with Crippen molar-refractivity contribution in [2.75, 3.05) is 11.9 Å². The van der Waals surface area contributed by atoms with Gasteiger partial charge in [0.05, 0.1) is 39.9 Å². The van der Waals surface area contributed by atoms with Crippen LogP contribution in [0.1, 0.15) is 56.6 Å². The highest BCUT2D eigenvalue weighted by atomic mass is 35.5. The number of fused-ring (bicyclic) bond motifs is 2. The number of nitrogens with one attached hydrogen (secondary N) is 1. The Labute approximate surface area is 241 Å². The summed E-state index contributed by atoms with van der Waals surface area (Å²) < 4.78 is 45.9. The van der Waals surface area contributed by atoms with Gasteiger partial charge in [-0.2, -0.15) is 13.2 Å². The van der Waals surface area contributed by atoms with Crippen LogP contribution >= 0.6 is 23.2 Å². The molecular formula is C30H31Cl2F3N2O3. The van der Waals surface area contributed by atoms with E-state index in [-0.39, 0.29) is 41.4 Å². The van der Waals surface area contributed by atoms with E-state index in [2.05, 4.69) is 17.4 Å². The number of alkyl halides is 3. The lowest BCUT2D eigenvalue weighted by Crippen LogP contribution is -2.43. The molecule has 2 aromatic rings. The van der Waals surface area contributed by atoms with E-state index in [1.165, 1.54) is 12.1 Å². The largest absolute Gasteiger partial charge is 0.416 e. The maximum Gasteiger partial charge on any atom is 0.416 e. The van der Waals surface area contributed by atoms with Crippen molar-refractivity contribution in [2.45, 2.75) is 63.3 Å². The molecule has 4 unspecified atom stereocenters. The summed E-state index contributed by atoms with van der Waals surface area (Å²) in [4.78, 5) is 19.3. The maximum atomic E-state index is 13.2. The molecule has 2 bridgehead atoms. The number of benzene rings is 2. The Kier molecular flexibility index (Phi) is 7.33. The van der Waals surface area contributed by atoms with Crippen LogP contribution in [0.25, 0.3) is 0 Å². The van der Waals surface area contributed by atoms with E-state index in [9.17, 15) is 18.0 Å². The molecule has 3 fully saturated rings. The zero-order valence-electron chi connectivity index (χ0n) is 22.0.